The van der Waals surface area contributed by atoms with Gasteiger partial charge in [-0.2, -0.15) is 11.8 Å². The number of anilines is 1. The van der Waals surface area contributed by atoms with E-state index in [1.807, 2.05) is 51.5 Å². The minimum absolute atomic E-state index is 0.156. The van der Waals surface area contributed by atoms with Gasteiger partial charge in [0.2, 0.25) is 0 Å². The van der Waals surface area contributed by atoms with E-state index in [9.17, 15) is 9.18 Å². The van der Waals surface area contributed by atoms with Gasteiger partial charge < -0.3 is 29.8 Å². The van der Waals surface area contributed by atoms with Crippen LogP contribution in [0.4, 0.5) is 15.0 Å². The first-order valence-electron chi connectivity index (χ1n) is 12.8. The van der Waals surface area contributed by atoms with Crippen molar-refractivity contribution in [1.82, 2.24) is 25.4 Å². The molecular formula is C28H39FN6O2S. The Morgan fingerprint density at radius 3 is 2.42 bits per heavy atom. The summed E-state index contributed by atoms with van der Waals surface area (Å²) in [4.78, 5) is 23.0. The van der Waals surface area contributed by atoms with Gasteiger partial charge >= 0.3 is 6.03 Å². The largest absolute Gasteiger partial charge is 0.464 e. The van der Waals surface area contributed by atoms with E-state index in [2.05, 4.69) is 30.3 Å². The molecule has 2 N–H and O–H groups in total. The topological polar surface area (TPSA) is 76.9 Å². The first-order valence-corrected chi connectivity index (χ1v) is 14.0. The number of pyridine rings is 1. The number of halogens is 1. The second-order valence-corrected chi connectivity index (χ2v) is 10.5. The molecule has 2 amide bonds. The first-order chi connectivity index (χ1) is 18.4. The summed E-state index contributed by atoms with van der Waals surface area (Å²) in [5.41, 5.74) is 1.02. The SMILES string of the molecule is CN(C)Cc1ccc(CSCCNC(=O)NCCN(C)CCN(Cc2ccc(F)cc2)c2ccccn2)o1. The van der Waals surface area contributed by atoms with E-state index in [-0.39, 0.29) is 11.8 Å². The number of benzene rings is 1. The van der Waals surface area contributed by atoms with Crippen LogP contribution in [0.2, 0.25) is 0 Å². The van der Waals surface area contributed by atoms with E-state index < -0.39 is 0 Å². The van der Waals surface area contributed by atoms with Gasteiger partial charge in [0, 0.05) is 51.2 Å². The van der Waals surface area contributed by atoms with Crippen LogP contribution in [-0.4, -0.2) is 80.4 Å². The van der Waals surface area contributed by atoms with Crippen LogP contribution in [-0.2, 0) is 18.8 Å². The Balaban J connectivity index is 1.29. The molecule has 0 saturated carbocycles. The lowest BCUT2D eigenvalue weighted by atomic mass is 10.2. The Bertz CT molecular complexity index is 1080. The number of rotatable bonds is 16. The molecule has 0 saturated heterocycles. The summed E-state index contributed by atoms with van der Waals surface area (Å²) in [6.07, 6.45) is 1.77. The molecule has 0 fully saturated rings. The maximum Gasteiger partial charge on any atom is 0.314 e. The third kappa shape index (κ3) is 11.1. The Labute approximate surface area is 229 Å². The lowest BCUT2D eigenvalue weighted by molar-refractivity contribution is 0.239. The summed E-state index contributed by atoms with van der Waals surface area (Å²) < 4.78 is 19.1. The standard InChI is InChI=1S/C28H39FN6O2S/c1-33(2)21-25-11-12-26(37-25)22-38-19-15-32-28(36)31-14-16-34(3)17-18-35(27-6-4-5-13-30-27)20-23-7-9-24(29)10-8-23/h4-13H,14-22H2,1-3H3,(H2,31,32,36). The molecule has 0 aliphatic rings. The lowest BCUT2D eigenvalue weighted by Gasteiger charge is -2.27. The summed E-state index contributed by atoms with van der Waals surface area (Å²) in [6, 6.07) is 16.3. The minimum Gasteiger partial charge on any atom is -0.464 e. The third-order valence-corrected chi connectivity index (χ3v) is 6.74. The molecule has 206 valence electrons. The summed E-state index contributed by atoms with van der Waals surface area (Å²) in [7, 11) is 6.06. The van der Waals surface area contributed by atoms with Gasteiger partial charge in [-0.15, -0.1) is 0 Å². The first kappa shape index (κ1) is 29.5. The molecule has 8 nitrogen and oxygen atoms in total. The number of likely N-dealkylation sites (N-methyl/N-ethyl adjacent to an activating group) is 1. The number of amides is 2. The van der Waals surface area contributed by atoms with Gasteiger partial charge in [0.05, 0.1) is 12.3 Å². The molecule has 3 rings (SSSR count). The van der Waals surface area contributed by atoms with Crippen LogP contribution in [0.15, 0.2) is 65.2 Å². The molecule has 10 heteroatoms. The fourth-order valence-electron chi connectivity index (χ4n) is 3.76. The number of hydrogen-bond acceptors (Lipinski definition) is 7. The Hall–Kier alpha value is -3.08. The van der Waals surface area contributed by atoms with Crippen molar-refractivity contribution in [3.63, 3.8) is 0 Å². The number of nitrogens with one attached hydrogen (secondary N) is 2. The van der Waals surface area contributed by atoms with Crippen molar-refractivity contribution < 1.29 is 13.6 Å². The van der Waals surface area contributed by atoms with Gasteiger partial charge in [0.1, 0.15) is 23.2 Å². The summed E-state index contributed by atoms with van der Waals surface area (Å²) in [5, 5.41) is 5.83. The molecule has 2 heterocycles. The highest BCUT2D eigenvalue weighted by molar-refractivity contribution is 7.98. The van der Waals surface area contributed by atoms with Gasteiger partial charge in [-0.05, 0) is 63.1 Å². The maximum atomic E-state index is 13.3. The zero-order valence-electron chi connectivity index (χ0n) is 22.5. The molecule has 0 aliphatic carbocycles. The van der Waals surface area contributed by atoms with E-state index in [1.165, 1.54) is 12.1 Å². The molecule has 38 heavy (non-hydrogen) atoms. The van der Waals surface area contributed by atoms with E-state index in [4.69, 9.17) is 4.42 Å². The zero-order chi connectivity index (χ0) is 27.2. The highest BCUT2D eigenvalue weighted by Crippen LogP contribution is 2.16. The Morgan fingerprint density at radius 2 is 1.68 bits per heavy atom. The smallest absolute Gasteiger partial charge is 0.314 e. The normalized spacial score (nSPS) is 11.2. The van der Waals surface area contributed by atoms with Crippen molar-refractivity contribution in [3.8, 4) is 0 Å². The van der Waals surface area contributed by atoms with Crippen LogP contribution < -0.4 is 15.5 Å². The second kappa shape index (κ2) is 16.0. The minimum atomic E-state index is -0.240. The quantitative estimate of drug-likeness (QED) is 0.265. The number of nitrogens with zero attached hydrogens (tertiary/aromatic N) is 4. The summed E-state index contributed by atoms with van der Waals surface area (Å²) >= 11 is 1.73. The van der Waals surface area contributed by atoms with Gasteiger partial charge in [-0.3, -0.25) is 0 Å². The number of carbonyl (C=O) groups is 1. The maximum absolute atomic E-state index is 13.3. The predicted octanol–water partition coefficient (Wildman–Crippen LogP) is 4.05. The molecule has 0 radical (unpaired) electrons. The molecule has 0 bridgehead atoms. The van der Waals surface area contributed by atoms with E-state index in [0.29, 0.717) is 19.6 Å². The third-order valence-electron chi connectivity index (χ3n) is 5.76. The summed E-state index contributed by atoms with van der Waals surface area (Å²) in [6.45, 7) is 4.85. The van der Waals surface area contributed by atoms with E-state index >= 15 is 0 Å². The van der Waals surface area contributed by atoms with Crippen LogP contribution in [0.3, 0.4) is 0 Å². The molecule has 0 unspecified atom stereocenters. The zero-order valence-corrected chi connectivity index (χ0v) is 23.3. The second-order valence-electron chi connectivity index (χ2n) is 9.38. The van der Waals surface area contributed by atoms with E-state index in [0.717, 1.165) is 60.6 Å². The Morgan fingerprint density at radius 1 is 0.921 bits per heavy atom. The molecule has 1 aromatic carbocycles. The highest BCUT2D eigenvalue weighted by atomic mass is 32.2. The lowest BCUT2D eigenvalue weighted by Crippen LogP contribution is -2.41. The van der Waals surface area contributed by atoms with Crippen LogP contribution >= 0.6 is 11.8 Å². The average Bonchev–Trinajstić information content (AvgIpc) is 3.34. The number of hydrogen-bond donors (Lipinski definition) is 2. The fourth-order valence-corrected chi connectivity index (χ4v) is 4.50. The number of furan rings is 1. The van der Waals surface area contributed by atoms with Crippen molar-refractivity contribution in [2.75, 3.05) is 64.5 Å². The molecule has 2 aromatic heterocycles. The Kier molecular flexibility index (Phi) is 12.4. The highest BCUT2D eigenvalue weighted by Gasteiger charge is 2.11. The number of urea groups is 1. The van der Waals surface area contributed by atoms with Crippen LogP contribution in [0.1, 0.15) is 17.1 Å². The molecule has 0 aliphatic heterocycles. The molecular weight excluding hydrogens is 503 g/mol. The van der Waals surface area contributed by atoms with Crippen molar-refractivity contribution in [2.24, 2.45) is 0 Å². The van der Waals surface area contributed by atoms with E-state index in [1.54, 1.807) is 30.1 Å². The molecule has 0 spiro atoms. The van der Waals surface area contributed by atoms with Crippen LogP contribution in [0.25, 0.3) is 0 Å². The number of thioether (sulfide) groups is 1. The van der Waals surface area contributed by atoms with Gasteiger partial charge in [0.25, 0.3) is 0 Å². The number of aromatic nitrogens is 1. The van der Waals surface area contributed by atoms with Gasteiger partial charge in [-0.1, -0.05) is 18.2 Å². The van der Waals surface area contributed by atoms with Crippen molar-refractivity contribution >= 4 is 23.6 Å². The van der Waals surface area contributed by atoms with Crippen LogP contribution in [0, 0.1) is 5.82 Å². The van der Waals surface area contributed by atoms with Gasteiger partial charge in [-0.25, -0.2) is 14.2 Å². The van der Waals surface area contributed by atoms with Crippen molar-refractivity contribution in [3.05, 3.63) is 83.7 Å². The van der Waals surface area contributed by atoms with Crippen LogP contribution in [0.5, 0.6) is 0 Å². The van der Waals surface area contributed by atoms with Crippen molar-refractivity contribution in [1.29, 1.82) is 0 Å². The predicted molar refractivity (Wildman–Crippen MR) is 153 cm³/mol. The fraction of sp³-hybridized carbons (Fsp3) is 0.429. The van der Waals surface area contributed by atoms with Gasteiger partial charge in [0.15, 0.2) is 0 Å². The monoisotopic (exact) mass is 542 g/mol. The molecule has 3 aromatic rings. The molecule has 0 atom stereocenters. The summed E-state index contributed by atoms with van der Waals surface area (Å²) in [5.74, 6) is 4.16. The average molecular weight is 543 g/mol. The number of carbonyl (C=O) groups excluding carboxylic acids is 1. The van der Waals surface area contributed by atoms with Crippen molar-refractivity contribution in [2.45, 2.75) is 18.8 Å².